The van der Waals surface area contributed by atoms with Crippen LogP contribution in [0.1, 0.15) is 10.4 Å². The number of carbonyl (C=O) groups is 1. The van der Waals surface area contributed by atoms with Crippen molar-refractivity contribution in [2.75, 3.05) is 36.4 Å². The van der Waals surface area contributed by atoms with E-state index in [9.17, 15) is 26.7 Å². The number of nitrogens with zero attached hydrogens (tertiary/aromatic N) is 3. The molecule has 0 unspecified atom stereocenters. The van der Waals surface area contributed by atoms with Gasteiger partial charge in [0, 0.05) is 20.1 Å². The molecule has 14 heteroatoms. The minimum atomic E-state index is -3.05. The van der Waals surface area contributed by atoms with Gasteiger partial charge in [-0.2, -0.15) is 5.10 Å². The summed E-state index contributed by atoms with van der Waals surface area (Å²) < 4.78 is 87.4. The second-order valence-electron chi connectivity index (χ2n) is 7.79. The lowest BCUT2D eigenvalue weighted by Gasteiger charge is -2.26. The number of hydrogen-bond donors (Lipinski definition) is 2. The first-order valence-corrected chi connectivity index (χ1v) is 10.2. The Morgan fingerprint density at radius 2 is 1.67 bits per heavy atom. The molecule has 0 bridgehead atoms. The van der Waals surface area contributed by atoms with Gasteiger partial charge in [0.25, 0.3) is 11.8 Å². The van der Waals surface area contributed by atoms with Crippen molar-refractivity contribution >= 4 is 42.2 Å². The summed E-state index contributed by atoms with van der Waals surface area (Å²) in [6.45, 7) is -0.735. The van der Waals surface area contributed by atoms with E-state index < -0.39 is 64.9 Å². The molecule has 0 atom stereocenters. The Kier molecular flexibility index (Phi) is 9.27. The maximum Gasteiger partial charge on any atom is 0.277 e. The van der Waals surface area contributed by atoms with Gasteiger partial charge in [-0.05, 0) is 24.3 Å². The first-order chi connectivity index (χ1) is 16.1. The Bertz CT molecular complexity index is 1240. The molecule has 1 saturated heterocycles. The van der Waals surface area contributed by atoms with Crippen LogP contribution in [0.3, 0.4) is 0 Å². The van der Waals surface area contributed by atoms with Crippen molar-refractivity contribution in [2.24, 2.45) is 7.05 Å². The van der Waals surface area contributed by atoms with Crippen LogP contribution >= 0.6 is 24.8 Å². The van der Waals surface area contributed by atoms with Crippen molar-refractivity contribution in [3.8, 4) is 11.1 Å². The molecule has 6 nitrogen and oxygen atoms in total. The van der Waals surface area contributed by atoms with E-state index in [2.05, 4.69) is 15.7 Å². The van der Waals surface area contributed by atoms with Gasteiger partial charge < -0.3 is 15.5 Å². The lowest BCUT2D eigenvalue weighted by atomic mass is 9.99. The molecule has 36 heavy (non-hydrogen) atoms. The Morgan fingerprint density at radius 1 is 1.03 bits per heavy atom. The number of amides is 1. The topological polar surface area (TPSA) is 62.2 Å². The third-order valence-corrected chi connectivity index (χ3v) is 5.37. The lowest BCUT2D eigenvalue weighted by molar-refractivity contribution is 0.0155. The second kappa shape index (κ2) is 11.4. The molecule has 0 radical (unpaired) electrons. The van der Waals surface area contributed by atoms with Crippen LogP contribution in [-0.2, 0) is 7.05 Å². The van der Waals surface area contributed by atoms with Crippen LogP contribution in [-0.4, -0.2) is 47.8 Å². The minimum Gasteiger partial charge on any atom is -0.348 e. The molecule has 1 aromatic heterocycles. The first kappa shape index (κ1) is 29.3. The van der Waals surface area contributed by atoms with E-state index in [0.29, 0.717) is 6.07 Å². The number of aryl methyl sites for hydroxylation is 1. The third-order valence-electron chi connectivity index (χ3n) is 5.37. The fourth-order valence-electron chi connectivity index (χ4n) is 3.86. The van der Waals surface area contributed by atoms with E-state index >= 15 is 4.39 Å². The number of benzene rings is 2. The molecule has 1 aliphatic rings. The molecule has 2 heterocycles. The predicted octanol–water partition coefficient (Wildman–Crippen LogP) is 4.78. The molecular formula is C22H21Cl2F6N5O. The molecule has 2 N–H and O–H groups in total. The number of aromatic nitrogens is 2. The number of nitrogens with one attached hydrogen (secondary N) is 2. The van der Waals surface area contributed by atoms with E-state index in [1.165, 1.54) is 22.8 Å². The van der Waals surface area contributed by atoms with Crippen molar-refractivity contribution in [1.29, 1.82) is 0 Å². The zero-order valence-electron chi connectivity index (χ0n) is 18.6. The highest BCUT2D eigenvalue weighted by molar-refractivity contribution is 6.06. The molecule has 1 fully saturated rings. The summed E-state index contributed by atoms with van der Waals surface area (Å²) in [5.41, 5.74) is -2.68. The number of hydrogen-bond acceptors (Lipinski definition) is 4. The Hall–Kier alpha value is -2.96. The maximum absolute atomic E-state index is 15.2. The monoisotopic (exact) mass is 555 g/mol. The Morgan fingerprint density at radius 3 is 2.33 bits per heavy atom. The van der Waals surface area contributed by atoms with Gasteiger partial charge in [-0.3, -0.25) is 9.48 Å². The van der Waals surface area contributed by atoms with Crippen LogP contribution in [0.5, 0.6) is 0 Å². The number of anilines is 2. The van der Waals surface area contributed by atoms with Crippen molar-refractivity contribution in [2.45, 2.75) is 5.92 Å². The van der Waals surface area contributed by atoms with Gasteiger partial charge in [0.2, 0.25) is 0 Å². The van der Waals surface area contributed by atoms with Crippen molar-refractivity contribution in [3.63, 3.8) is 0 Å². The number of alkyl halides is 2. The minimum absolute atomic E-state index is 0. The zero-order chi connectivity index (χ0) is 24.6. The van der Waals surface area contributed by atoms with Gasteiger partial charge in [-0.25, -0.2) is 26.3 Å². The average Bonchev–Trinajstić information content (AvgIpc) is 3.01. The van der Waals surface area contributed by atoms with Crippen LogP contribution in [0.2, 0.25) is 0 Å². The standard InChI is InChI=1S/C22H19F6N5O.2ClH/c1-32-21(33-8-7-29-10-22(27,28)11-33)16(9-30-32)31-20(34)12-5-6-15(25)18(19(12)26)17-13(23)3-2-4-14(17)24;;/h2-6,9,29H,7-8,10-11H2,1H3,(H,31,34);2*1H. The average molecular weight is 556 g/mol. The van der Waals surface area contributed by atoms with E-state index in [1.807, 2.05) is 0 Å². The molecule has 1 amide bonds. The molecule has 196 valence electrons. The number of halogens is 8. The highest BCUT2D eigenvalue weighted by Crippen LogP contribution is 2.34. The highest BCUT2D eigenvalue weighted by Gasteiger charge is 2.35. The lowest BCUT2D eigenvalue weighted by Crippen LogP contribution is -2.39. The van der Waals surface area contributed by atoms with Gasteiger partial charge in [0.05, 0.1) is 36.0 Å². The predicted molar refractivity (Wildman–Crippen MR) is 127 cm³/mol. The van der Waals surface area contributed by atoms with Crippen LogP contribution in [0.25, 0.3) is 11.1 Å². The normalized spacial score (nSPS) is 14.9. The second-order valence-corrected chi connectivity index (χ2v) is 7.79. The Labute approximate surface area is 214 Å². The van der Waals surface area contributed by atoms with Crippen LogP contribution in [0.4, 0.5) is 37.8 Å². The van der Waals surface area contributed by atoms with Crippen molar-refractivity contribution in [1.82, 2.24) is 15.1 Å². The van der Waals surface area contributed by atoms with Gasteiger partial charge in [0.15, 0.2) is 5.82 Å². The van der Waals surface area contributed by atoms with E-state index in [0.717, 1.165) is 24.3 Å². The molecule has 0 saturated carbocycles. The molecule has 1 aliphatic heterocycles. The molecule has 2 aromatic carbocycles. The fourth-order valence-corrected chi connectivity index (χ4v) is 3.86. The molecule has 3 aromatic rings. The zero-order valence-corrected chi connectivity index (χ0v) is 20.3. The molecule has 4 rings (SSSR count). The number of carbonyl (C=O) groups excluding carboxylic acids is 1. The fraction of sp³-hybridized carbons (Fsp3) is 0.273. The van der Waals surface area contributed by atoms with Gasteiger partial charge in [-0.15, -0.1) is 24.8 Å². The van der Waals surface area contributed by atoms with Crippen LogP contribution in [0, 0.1) is 23.3 Å². The SMILES string of the molecule is Cl.Cl.Cn1ncc(NC(=O)c2ccc(F)c(-c3c(F)cccc3F)c2F)c1N1CCNCC(F)(F)C1. The summed E-state index contributed by atoms with van der Waals surface area (Å²) in [5.74, 6) is -9.13. The number of rotatable bonds is 4. The summed E-state index contributed by atoms with van der Waals surface area (Å²) >= 11 is 0. The largest absolute Gasteiger partial charge is 0.348 e. The first-order valence-electron chi connectivity index (χ1n) is 10.2. The maximum atomic E-state index is 15.2. The highest BCUT2D eigenvalue weighted by atomic mass is 35.5. The summed E-state index contributed by atoms with van der Waals surface area (Å²) in [6.07, 6.45) is 1.20. The summed E-state index contributed by atoms with van der Waals surface area (Å²) in [5, 5.41) is 8.99. The van der Waals surface area contributed by atoms with Crippen molar-refractivity contribution in [3.05, 3.63) is 65.4 Å². The smallest absolute Gasteiger partial charge is 0.277 e. The summed E-state index contributed by atoms with van der Waals surface area (Å²) in [6, 6.07) is 4.23. The van der Waals surface area contributed by atoms with Gasteiger partial charge in [0.1, 0.15) is 29.0 Å². The van der Waals surface area contributed by atoms with Gasteiger partial charge >= 0.3 is 0 Å². The third kappa shape index (κ3) is 5.71. The molecular weight excluding hydrogens is 535 g/mol. The summed E-state index contributed by atoms with van der Waals surface area (Å²) in [4.78, 5) is 14.2. The van der Waals surface area contributed by atoms with E-state index in [-0.39, 0.29) is 49.4 Å². The van der Waals surface area contributed by atoms with Crippen LogP contribution < -0.4 is 15.5 Å². The molecule has 0 spiro atoms. The quantitative estimate of drug-likeness (QED) is 0.455. The van der Waals surface area contributed by atoms with Gasteiger partial charge in [-0.1, -0.05) is 6.07 Å². The van der Waals surface area contributed by atoms with Crippen molar-refractivity contribution < 1.29 is 31.1 Å². The molecule has 0 aliphatic carbocycles. The van der Waals surface area contributed by atoms with E-state index in [1.54, 1.807) is 0 Å². The van der Waals surface area contributed by atoms with E-state index in [4.69, 9.17) is 0 Å². The van der Waals surface area contributed by atoms with Crippen LogP contribution in [0.15, 0.2) is 36.5 Å². The summed E-state index contributed by atoms with van der Waals surface area (Å²) in [7, 11) is 1.49. The Balaban J connectivity index is 0.00000228.